The number of anilines is 3. The number of carbonyl (C=O) groups is 1. The molecule has 3 aromatic heterocycles. The zero-order valence-corrected chi connectivity index (χ0v) is 21.7. The molecule has 0 saturated carbocycles. The van der Waals surface area contributed by atoms with E-state index in [2.05, 4.69) is 25.2 Å². The Hall–Kier alpha value is -4.81. The van der Waals surface area contributed by atoms with Crippen molar-refractivity contribution in [3.8, 4) is 5.69 Å². The molecular weight excluding hydrogens is 502 g/mol. The number of hydrogen-bond donors (Lipinski definition) is 1. The van der Waals surface area contributed by atoms with E-state index in [4.69, 9.17) is 9.84 Å². The number of nitro groups is 1. The highest BCUT2D eigenvalue weighted by atomic mass is 16.6. The summed E-state index contributed by atoms with van der Waals surface area (Å²) < 4.78 is 7.24. The Balaban J connectivity index is 1.31. The Labute approximate surface area is 223 Å². The molecule has 6 rings (SSSR count). The van der Waals surface area contributed by atoms with Crippen LogP contribution in [0.1, 0.15) is 27.2 Å². The Bertz CT molecular complexity index is 1570. The topological polar surface area (TPSA) is 144 Å². The number of amides is 1. The SMILES string of the molecule is CC(C)(C)OC(=O)N1C[C@@H]2C[C@H]1CN2c1cc(-n2nc(Nc3cnccn3)c3ccc([N+](=O)[O-])cc32)ccn1. The first-order valence-electron chi connectivity index (χ1n) is 12.6. The van der Waals surface area contributed by atoms with Crippen LogP contribution in [0.4, 0.5) is 27.9 Å². The number of aromatic nitrogens is 5. The standard InChI is InChI=1S/C26H27N9O4/c1-26(2,3)39-25(36)33-15-18-10-19(33)14-32(18)23-12-16(6-7-29-23)34-21-11-17(35(37)38)4-5-20(21)24(31-34)30-22-13-27-8-9-28-22/h4-9,11-13,18-19H,10,14-15H2,1-3H3,(H,28,30,31)/t18-,19-/m0/s1. The van der Waals surface area contributed by atoms with Crippen LogP contribution in [0.25, 0.3) is 16.6 Å². The van der Waals surface area contributed by atoms with Gasteiger partial charge in [-0.2, -0.15) is 0 Å². The Morgan fingerprint density at radius 1 is 1.10 bits per heavy atom. The predicted octanol–water partition coefficient (Wildman–Crippen LogP) is 4.06. The maximum absolute atomic E-state index is 12.7. The highest BCUT2D eigenvalue weighted by molar-refractivity contribution is 5.94. The number of piperazine rings is 1. The normalized spacial score (nSPS) is 18.5. The number of pyridine rings is 1. The molecule has 0 radical (unpaired) electrons. The smallest absolute Gasteiger partial charge is 0.410 e. The molecule has 2 atom stereocenters. The van der Waals surface area contributed by atoms with Crippen molar-refractivity contribution in [2.75, 3.05) is 23.3 Å². The molecule has 1 amide bonds. The van der Waals surface area contributed by atoms with Gasteiger partial charge >= 0.3 is 6.09 Å². The zero-order valence-electron chi connectivity index (χ0n) is 21.7. The quantitative estimate of drug-likeness (QED) is 0.297. The van der Waals surface area contributed by atoms with Crippen LogP contribution in [0.2, 0.25) is 0 Å². The maximum atomic E-state index is 12.7. The summed E-state index contributed by atoms with van der Waals surface area (Å²) in [5.41, 5.74) is 0.677. The summed E-state index contributed by atoms with van der Waals surface area (Å²) in [6.07, 6.45) is 6.96. The fourth-order valence-electron chi connectivity index (χ4n) is 5.18. The summed E-state index contributed by atoms with van der Waals surface area (Å²) in [5.74, 6) is 1.74. The van der Waals surface area contributed by atoms with Gasteiger partial charge in [0.1, 0.15) is 17.2 Å². The third-order valence-corrected chi connectivity index (χ3v) is 6.82. The van der Waals surface area contributed by atoms with Gasteiger partial charge in [0.05, 0.1) is 34.4 Å². The highest BCUT2D eigenvalue weighted by Gasteiger charge is 2.47. The number of carbonyl (C=O) groups excluding carboxylic acids is 1. The van der Waals surface area contributed by atoms with Crippen molar-refractivity contribution in [1.29, 1.82) is 0 Å². The third-order valence-electron chi connectivity index (χ3n) is 6.82. The van der Waals surface area contributed by atoms with Crippen LogP contribution in [0, 0.1) is 10.1 Å². The number of fused-ring (bicyclic) bond motifs is 3. The lowest BCUT2D eigenvalue weighted by Crippen LogP contribution is -2.50. The van der Waals surface area contributed by atoms with Crippen LogP contribution in [0.3, 0.4) is 0 Å². The first-order valence-corrected chi connectivity index (χ1v) is 12.6. The lowest BCUT2D eigenvalue weighted by Gasteiger charge is -2.35. The number of nitrogens with zero attached hydrogens (tertiary/aromatic N) is 8. The number of nitro benzene ring substituents is 1. The molecule has 2 aliphatic heterocycles. The molecule has 2 aliphatic rings. The summed E-state index contributed by atoms with van der Waals surface area (Å²) in [6.45, 7) is 6.80. The van der Waals surface area contributed by atoms with Crippen LogP contribution >= 0.6 is 0 Å². The van der Waals surface area contributed by atoms with E-state index in [1.807, 2.05) is 32.9 Å². The molecule has 200 valence electrons. The average molecular weight is 530 g/mol. The molecule has 4 aromatic rings. The minimum atomic E-state index is -0.545. The molecule has 13 heteroatoms. The molecule has 13 nitrogen and oxygen atoms in total. The highest BCUT2D eigenvalue weighted by Crippen LogP contribution is 2.36. The van der Waals surface area contributed by atoms with E-state index < -0.39 is 10.5 Å². The van der Waals surface area contributed by atoms with Crippen molar-refractivity contribution in [2.24, 2.45) is 0 Å². The van der Waals surface area contributed by atoms with E-state index in [1.54, 1.807) is 40.4 Å². The van der Waals surface area contributed by atoms with E-state index in [9.17, 15) is 14.9 Å². The van der Waals surface area contributed by atoms with Crippen molar-refractivity contribution in [2.45, 2.75) is 44.9 Å². The minimum absolute atomic E-state index is 0.0388. The second-order valence-corrected chi connectivity index (χ2v) is 10.6. The van der Waals surface area contributed by atoms with E-state index >= 15 is 0 Å². The number of non-ortho nitro benzene ring substituents is 1. The zero-order chi connectivity index (χ0) is 27.3. The van der Waals surface area contributed by atoms with E-state index in [0.29, 0.717) is 41.3 Å². The summed E-state index contributed by atoms with van der Waals surface area (Å²) in [6, 6.07) is 8.51. The average Bonchev–Trinajstić information content (AvgIpc) is 3.61. The lowest BCUT2D eigenvalue weighted by molar-refractivity contribution is -0.384. The van der Waals surface area contributed by atoms with Crippen molar-refractivity contribution in [1.82, 2.24) is 29.6 Å². The summed E-state index contributed by atoms with van der Waals surface area (Å²) in [7, 11) is 0. The van der Waals surface area contributed by atoms with Gasteiger partial charge < -0.3 is 19.9 Å². The van der Waals surface area contributed by atoms with Gasteiger partial charge in [0.15, 0.2) is 5.82 Å². The van der Waals surface area contributed by atoms with Crippen LogP contribution < -0.4 is 10.2 Å². The van der Waals surface area contributed by atoms with Crippen molar-refractivity contribution in [3.63, 3.8) is 0 Å². The number of rotatable bonds is 5. The van der Waals surface area contributed by atoms with Gasteiger partial charge in [-0.3, -0.25) is 15.1 Å². The molecule has 5 heterocycles. The molecule has 2 fully saturated rings. The molecular formula is C26H27N9O4. The molecule has 1 aromatic carbocycles. The molecule has 0 unspecified atom stereocenters. The molecule has 0 aliphatic carbocycles. The van der Waals surface area contributed by atoms with Gasteiger partial charge in [-0.25, -0.2) is 19.4 Å². The second-order valence-electron chi connectivity index (χ2n) is 10.6. The lowest BCUT2D eigenvalue weighted by atomic mass is 10.2. The van der Waals surface area contributed by atoms with Crippen molar-refractivity contribution in [3.05, 3.63) is 65.2 Å². The third kappa shape index (κ3) is 4.67. The Morgan fingerprint density at radius 3 is 2.64 bits per heavy atom. The minimum Gasteiger partial charge on any atom is -0.444 e. The first-order chi connectivity index (χ1) is 18.7. The fraction of sp³-hybridized carbons (Fsp3) is 0.346. The number of hydrogen-bond acceptors (Lipinski definition) is 10. The van der Waals surface area contributed by atoms with Crippen LogP contribution in [-0.4, -0.2) is 71.4 Å². The van der Waals surface area contributed by atoms with Crippen LogP contribution in [0.15, 0.2) is 55.1 Å². The maximum Gasteiger partial charge on any atom is 0.410 e. The van der Waals surface area contributed by atoms with E-state index in [1.165, 1.54) is 12.1 Å². The summed E-state index contributed by atoms with van der Waals surface area (Å²) >= 11 is 0. The van der Waals surface area contributed by atoms with Gasteiger partial charge in [-0.1, -0.05) is 0 Å². The molecule has 2 bridgehead atoms. The molecule has 0 spiro atoms. The van der Waals surface area contributed by atoms with Gasteiger partial charge in [0, 0.05) is 55.3 Å². The number of ether oxygens (including phenoxy) is 1. The van der Waals surface area contributed by atoms with Crippen molar-refractivity contribution < 1.29 is 14.5 Å². The predicted molar refractivity (Wildman–Crippen MR) is 143 cm³/mol. The van der Waals surface area contributed by atoms with Gasteiger partial charge in [-0.05, 0) is 39.3 Å². The number of benzene rings is 1. The fourth-order valence-corrected chi connectivity index (χ4v) is 5.18. The summed E-state index contributed by atoms with van der Waals surface area (Å²) in [5, 5.41) is 20.1. The first kappa shape index (κ1) is 24.5. The second kappa shape index (κ2) is 9.19. The van der Waals surface area contributed by atoms with Gasteiger partial charge in [0.25, 0.3) is 5.69 Å². The Kier molecular flexibility index (Phi) is 5.78. The van der Waals surface area contributed by atoms with Crippen molar-refractivity contribution >= 4 is 40.1 Å². The number of likely N-dealkylation sites (tertiary alicyclic amines) is 1. The summed E-state index contributed by atoms with van der Waals surface area (Å²) in [4.78, 5) is 40.7. The van der Waals surface area contributed by atoms with Crippen LogP contribution in [-0.2, 0) is 4.74 Å². The largest absolute Gasteiger partial charge is 0.444 e. The Morgan fingerprint density at radius 2 is 1.95 bits per heavy atom. The monoisotopic (exact) mass is 529 g/mol. The molecule has 2 saturated heterocycles. The number of nitrogens with one attached hydrogen (secondary N) is 1. The van der Waals surface area contributed by atoms with Crippen LogP contribution in [0.5, 0.6) is 0 Å². The van der Waals surface area contributed by atoms with Gasteiger partial charge in [0.2, 0.25) is 0 Å². The van der Waals surface area contributed by atoms with E-state index in [0.717, 1.165) is 12.2 Å². The van der Waals surface area contributed by atoms with Gasteiger partial charge in [-0.15, -0.1) is 5.10 Å². The van der Waals surface area contributed by atoms with E-state index in [-0.39, 0.29) is 23.9 Å². The molecule has 39 heavy (non-hydrogen) atoms. The molecule has 1 N–H and O–H groups in total.